The Balaban J connectivity index is 1.85. The van der Waals surface area contributed by atoms with Crippen molar-refractivity contribution in [1.82, 2.24) is 4.90 Å². The predicted molar refractivity (Wildman–Crippen MR) is 94.8 cm³/mol. The second kappa shape index (κ2) is 7.06. The number of methoxy groups -OCH3 is 1. The number of nitrogens with zero attached hydrogens (tertiary/aromatic N) is 1. The predicted octanol–water partition coefficient (Wildman–Crippen LogP) is 3.14. The van der Waals surface area contributed by atoms with Crippen LogP contribution in [-0.2, 0) is 15.0 Å². The van der Waals surface area contributed by atoms with E-state index in [1.807, 2.05) is 24.0 Å². The average molecular weight is 345 g/mol. The van der Waals surface area contributed by atoms with Gasteiger partial charge in [-0.25, -0.2) is 0 Å². The van der Waals surface area contributed by atoms with Crippen LogP contribution in [0.3, 0.4) is 0 Å². The van der Waals surface area contributed by atoms with E-state index in [9.17, 15) is 9.59 Å². The minimum Gasteiger partial charge on any atom is -0.496 e. The number of ether oxygens (including phenoxy) is 1. The van der Waals surface area contributed by atoms with Crippen LogP contribution in [0, 0.1) is 12.8 Å². The van der Waals surface area contributed by atoms with Crippen molar-refractivity contribution < 1.29 is 19.4 Å². The van der Waals surface area contributed by atoms with E-state index < -0.39 is 11.4 Å². The Morgan fingerprint density at radius 3 is 2.40 bits per heavy atom. The molecule has 1 amide bonds. The van der Waals surface area contributed by atoms with E-state index in [2.05, 4.69) is 6.07 Å². The van der Waals surface area contributed by atoms with E-state index in [1.165, 1.54) is 0 Å². The molecule has 136 valence electrons. The van der Waals surface area contributed by atoms with Crippen molar-refractivity contribution in [2.75, 3.05) is 20.2 Å². The van der Waals surface area contributed by atoms with Crippen molar-refractivity contribution in [3.05, 3.63) is 29.3 Å². The molecule has 0 spiro atoms. The third-order valence-corrected chi connectivity index (χ3v) is 5.96. The summed E-state index contributed by atoms with van der Waals surface area (Å²) in [7, 11) is 1.66. The number of likely N-dealkylation sites (tertiary alicyclic amines) is 1. The fraction of sp³-hybridized carbons (Fsp3) is 0.600. The lowest BCUT2D eigenvalue weighted by Crippen LogP contribution is -2.49. The second-order valence-electron chi connectivity index (χ2n) is 7.38. The fourth-order valence-electron chi connectivity index (χ4n) is 4.35. The molecular formula is C20H27NO4. The molecular weight excluding hydrogens is 318 g/mol. The summed E-state index contributed by atoms with van der Waals surface area (Å²) in [4.78, 5) is 26.5. The Labute approximate surface area is 149 Å². The lowest BCUT2D eigenvalue weighted by molar-refractivity contribution is -0.147. The highest BCUT2D eigenvalue weighted by molar-refractivity contribution is 5.89. The highest BCUT2D eigenvalue weighted by atomic mass is 16.5. The number of benzene rings is 1. The van der Waals surface area contributed by atoms with Crippen molar-refractivity contribution in [3.8, 4) is 5.75 Å². The van der Waals surface area contributed by atoms with Crippen molar-refractivity contribution >= 4 is 11.9 Å². The van der Waals surface area contributed by atoms with Crippen molar-refractivity contribution in [1.29, 1.82) is 0 Å². The van der Waals surface area contributed by atoms with Gasteiger partial charge in [0, 0.05) is 13.1 Å². The molecule has 0 atom stereocenters. The van der Waals surface area contributed by atoms with Gasteiger partial charge in [0.2, 0.25) is 5.91 Å². The number of hydrogen-bond donors (Lipinski definition) is 1. The average Bonchev–Trinajstić information content (AvgIpc) is 3.12. The molecule has 1 aliphatic heterocycles. The quantitative estimate of drug-likeness (QED) is 0.910. The molecule has 1 aromatic carbocycles. The van der Waals surface area contributed by atoms with E-state index in [0.717, 1.165) is 42.6 Å². The van der Waals surface area contributed by atoms with Gasteiger partial charge >= 0.3 is 5.97 Å². The lowest BCUT2D eigenvalue weighted by atomic mass is 9.76. The van der Waals surface area contributed by atoms with Crippen LogP contribution in [0.2, 0.25) is 0 Å². The van der Waals surface area contributed by atoms with Gasteiger partial charge in [-0.3, -0.25) is 9.59 Å². The largest absolute Gasteiger partial charge is 0.496 e. The molecule has 1 aliphatic carbocycles. The number of carboxylic acids is 1. The first kappa shape index (κ1) is 17.8. The standard InChI is InChI=1S/C20H27NO4/c1-14-5-6-16(13-17(14)25-2)20(9-3-4-10-20)19(24)21-11-7-15(8-12-21)18(22)23/h5-6,13,15H,3-4,7-12H2,1-2H3,(H,22,23). The first-order chi connectivity index (χ1) is 12.0. The van der Waals surface area contributed by atoms with Crippen LogP contribution in [-0.4, -0.2) is 42.1 Å². The second-order valence-corrected chi connectivity index (χ2v) is 7.38. The molecule has 0 bridgehead atoms. The number of carbonyl (C=O) groups excluding carboxylic acids is 1. The number of aliphatic carboxylic acids is 1. The summed E-state index contributed by atoms with van der Waals surface area (Å²) < 4.78 is 5.47. The molecule has 1 N–H and O–H groups in total. The number of aryl methyl sites for hydroxylation is 1. The van der Waals surface area contributed by atoms with E-state index in [0.29, 0.717) is 25.9 Å². The van der Waals surface area contributed by atoms with Crippen LogP contribution in [0.25, 0.3) is 0 Å². The lowest BCUT2D eigenvalue weighted by Gasteiger charge is -2.38. The molecule has 1 saturated heterocycles. The maximum absolute atomic E-state index is 13.4. The molecule has 2 aliphatic rings. The van der Waals surface area contributed by atoms with E-state index in [-0.39, 0.29) is 11.8 Å². The topological polar surface area (TPSA) is 66.8 Å². The van der Waals surface area contributed by atoms with Crippen LogP contribution in [0.15, 0.2) is 18.2 Å². The number of amides is 1. The third-order valence-electron chi connectivity index (χ3n) is 5.96. The van der Waals surface area contributed by atoms with E-state index in [4.69, 9.17) is 9.84 Å². The minimum absolute atomic E-state index is 0.166. The van der Waals surface area contributed by atoms with Gasteiger partial charge in [0.05, 0.1) is 18.4 Å². The number of rotatable bonds is 4. The molecule has 1 heterocycles. The van der Waals surface area contributed by atoms with Gasteiger partial charge in [0.1, 0.15) is 5.75 Å². The highest BCUT2D eigenvalue weighted by Gasteiger charge is 2.46. The SMILES string of the molecule is COc1cc(C2(C(=O)N3CCC(C(=O)O)CC3)CCCC2)ccc1C. The Morgan fingerprint density at radius 2 is 1.84 bits per heavy atom. The molecule has 0 aromatic heterocycles. The minimum atomic E-state index is -0.744. The zero-order valence-electron chi connectivity index (χ0n) is 15.1. The highest BCUT2D eigenvalue weighted by Crippen LogP contribution is 2.44. The molecule has 0 radical (unpaired) electrons. The molecule has 1 saturated carbocycles. The van der Waals surface area contributed by atoms with Gasteiger partial charge in [-0.2, -0.15) is 0 Å². The van der Waals surface area contributed by atoms with Crippen LogP contribution >= 0.6 is 0 Å². The summed E-state index contributed by atoms with van der Waals surface area (Å²) in [6.07, 6.45) is 4.91. The summed E-state index contributed by atoms with van der Waals surface area (Å²) in [6.45, 7) is 3.09. The maximum Gasteiger partial charge on any atom is 0.306 e. The number of carboxylic acid groups (broad SMARTS) is 1. The summed E-state index contributed by atoms with van der Waals surface area (Å²) in [5.74, 6) is -0.0742. The summed E-state index contributed by atoms with van der Waals surface area (Å²) >= 11 is 0. The van der Waals surface area contributed by atoms with Gasteiger partial charge in [-0.05, 0) is 49.8 Å². The third kappa shape index (κ3) is 3.24. The molecule has 2 fully saturated rings. The first-order valence-corrected chi connectivity index (χ1v) is 9.15. The van der Waals surface area contributed by atoms with Crippen LogP contribution < -0.4 is 4.74 Å². The molecule has 5 heteroatoms. The van der Waals surface area contributed by atoms with Gasteiger partial charge in [0.25, 0.3) is 0 Å². The van der Waals surface area contributed by atoms with Crippen LogP contribution in [0.4, 0.5) is 0 Å². The Hall–Kier alpha value is -2.04. The number of hydrogen-bond acceptors (Lipinski definition) is 3. The molecule has 3 rings (SSSR count). The molecule has 5 nitrogen and oxygen atoms in total. The van der Waals surface area contributed by atoms with Gasteiger partial charge in [0.15, 0.2) is 0 Å². The Kier molecular flexibility index (Phi) is 5.02. The first-order valence-electron chi connectivity index (χ1n) is 9.15. The zero-order valence-corrected chi connectivity index (χ0v) is 15.1. The number of carbonyl (C=O) groups is 2. The van der Waals surface area contributed by atoms with Gasteiger partial charge in [-0.1, -0.05) is 25.0 Å². The van der Waals surface area contributed by atoms with E-state index >= 15 is 0 Å². The van der Waals surface area contributed by atoms with Gasteiger partial charge in [-0.15, -0.1) is 0 Å². The summed E-state index contributed by atoms with van der Waals surface area (Å²) in [6, 6.07) is 6.10. The molecule has 0 unspecified atom stereocenters. The van der Waals surface area contributed by atoms with Gasteiger partial charge < -0.3 is 14.7 Å². The van der Waals surface area contributed by atoms with E-state index in [1.54, 1.807) is 7.11 Å². The molecule has 25 heavy (non-hydrogen) atoms. The normalized spacial score (nSPS) is 20.5. The summed E-state index contributed by atoms with van der Waals surface area (Å²) in [5, 5.41) is 9.17. The smallest absolute Gasteiger partial charge is 0.306 e. The Morgan fingerprint density at radius 1 is 1.20 bits per heavy atom. The molecule has 1 aromatic rings. The summed E-state index contributed by atoms with van der Waals surface area (Å²) in [5.41, 5.74) is 1.63. The maximum atomic E-state index is 13.4. The number of piperidine rings is 1. The fourth-order valence-corrected chi connectivity index (χ4v) is 4.35. The van der Waals surface area contributed by atoms with Crippen molar-refractivity contribution in [3.63, 3.8) is 0 Å². The van der Waals surface area contributed by atoms with Crippen molar-refractivity contribution in [2.45, 2.75) is 50.9 Å². The zero-order chi connectivity index (χ0) is 18.0. The Bertz CT molecular complexity index is 656. The van der Waals surface area contributed by atoms with Crippen LogP contribution in [0.1, 0.15) is 49.7 Å². The monoisotopic (exact) mass is 345 g/mol. The van der Waals surface area contributed by atoms with Crippen LogP contribution in [0.5, 0.6) is 5.75 Å². The van der Waals surface area contributed by atoms with Crippen molar-refractivity contribution in [2.24, 2.45) is 5.92 Å².